The fourth-order valence-corrected chi connectivity index (χ4v) is 3.27. The molecule has 1 fully saturated rings. The van der Waals surface area contributed by atoms with Gasteiger partial charge < -0.3 is 5.32 Å². The van der Waals surface area contributed by atoms with Gasteiger partial charge in [-0.15, -0.1) is 0 Å². The van der Waals surface area contributed by atoms with Crippen LogP contribution in [0.1, 0.15) is 12.8 Å². The van der Waals surface area contributed by atoms with Crippen LogP contribution in [-0.4, -0.2) is 48.1 Å². The van der Waals surface area contributed by atoms with E-state index < -0.39 is 10.0 Å². The first kappa shape index (κ1) is 13.9. The van der Waals surface area contributed by atoms with Crippen molar-refractivity contribution in [2.24, 2.45) is 0 Å². The summed E-state index contributed by atoms with van der Waals surface area (Å²) in [6.07, 6.45) is 6.12. The molecule has 0 aliphatic carbocycles. The first-order valence-electron chi connectivity index (χ1n) is 5.64. The third-order valence-electron chi connectivity index (χ3n) is 2.93. The molecule has 0 atom stereocenters. The summed E-state index contributed by atoms with van der Waals surface area (Å²) in [5, 5.41) is 3.34. The summed E-state index contributed by atoms with van der Waals surface area (Å²) in [6.45, 7) is 1.14. The van der Waals surface area contributed by atoms with E-state index in [1.165, 1.54) is 16.9 Å². The number of nitrogens with zero attached hydrogens (tertiary/aromatic N) is 3. The molecule has 2 rings (SSSR count). The molecular weight excluding hydrogens is 367 g/mol. The number of piperidine rings is 1. The molecule has 0 aromatic carbocycles. The molecule has 1 aromatic heterocycles. The van der Waals surface area contributed by atoms with E-state index in [1.807, 2.05) is 0 Å². The first-order chi connectivity index (χ1) is 8.47. The number of hydrogen-bond acceptors (Lipinski definition) is 5. The van der Waals surface area contributed by atoms with Gasteiger partial charge in [0.25, 0.3) is 0 Å². The number of anilines is 1. The van der Waals surface area contributed by atoms with Crippen LogP contribution in [-0.2, 0) is 10.0 Å². The Bertz CT molecular complexity index is 514. The zero-order chi connectivity index (χ0) is 13.2. The van der Waals surface area contributed by atoms with Gasteiger partial charge in [-0.1, -0.05) is 0 Å². The van der Waals surface area contributed by atoms with E-state index >= 15 is 0 Å². The minimum Gasteiger partial charge on any atom is -0.366 e. The van der Waals surface area contributed by atoms with Crippen LogP contribution in [0.4, 0.5) is 5.82 Å². The quantitative estimate of drug-likeness (QED) is 0.787. The number of aromatic nitrogens is 2. The number of halogens is 1. The third-order valence-corrected chi connectivity index (χ3v) is 5.02. The van der Waals surface area contributed by atoms with Crippen LogP contribution in [0.3, 0.4) is 0 Å². The van der Waals surface area contributed by atoms with E-state index in [0.717, 1.165) is 22.2 Å². The molecule has 100 valence electrons. The Kier molecular flexibility index (Phi) is 4.38. The van der Waals surface area contributed by atoms with Gasteiger partial charge in [-0.2, -0.15) is 0 Å². The Labute approximate surface area is 120 Å². The van der Waals surface area contributed by atoms with Crippen LogP contribution in [0.25, 0.3) is 0 Å². The summed E-state index contributed by atoms with van der Waals surface area (Å²) in [7, 11) is -3.05. The van der Waals surface area contributed by atoms with Crippen LogP contribution >= 0.6 is 22.6 Å². The zero-order valence-corrected chi connectivity index (χ0v) is 13.0. The molecule has 2 heterocycles. The van der Waals surface area contributed by atoms with Crippen molar-refractivity contribution in [3.8, 4) is 0 Å². The molecular formula is C10H15IN4O2S. The van der Waals surface area contributed by atoms with Crippen molar-refractivity contribution in [3.05, 3.63) is 16.1 Å². The van der Waals surface area contributed by atoms with Crippen molar-refractivity contribution in [1.82, 2.24) is 14.3 Å². The summed E-state index contributed by atoms with van der Waals surface area (Å²) >= 11 is 2.18. The average molecular weight is 382 g/mol. The number of sulfonamides is 1. The lowest BCUT2D eigenvalue weighted by atomic mass is 10.1. The van der Waals surface area contributed by atoms with Gasteiger partial charge in [-0.3, -0.25) is 0 Å². The van der Waals surface area contributed by atoms with Gasteiger partial charge in [0.2, 0.25) is 10.0 Å². The second-order valence-electron chi connectivity index (χ2n) is 4.30. The molecule has 0 unspecified atom stereocenters. The average Bonchev–Trinajstić information content (AvgIpc) is 2.32. The second kappa shape index (κ2) is 5.66. The van der Waals surface area contributed by atoms with Gasteiger partial charge in [0.15, 0.2) is 0 Å². The van der Waals surface area contributed by atoms with Crippen molar-refractivity contribution < 1.29 is 8.42 Å². The SMILES string of the molecule is CS(=O)(=O)N1CCC(Nc2ncncc2I)CC1. The second-order valence-corrected chi connectivity index (χ2v) is 7.44. The molecule has 0 spiro atoms. The first-order valence-corrected chi connectivity index (χ1v) is 8.56. The molecule has 0 amide bonds. The summed E-state index contributed by atoms with van der Waals surface area (Å²) in [5.41, 5.74) is 0. The van der Waals surface area contributed by atoms with E-state index in [0.29, 0.717) is 13.1 Å². The highest BCUT2D eigenvalue weighted by molar-refractivity contribution is 14.1. The maximum Gasteiger partial charge on any atom is 0.211 e. The van der Waals surface area contributed by atoms with E-state index in [-0.39, 0.29) is 6.04 Å². The Morgan fingerprint density at radius 1 is 1.44 bits per heavy atom. The third kappa shape index (κ3) is 3.51. The van der Waals surface area contributed by atoms with E-state index in [9.17, 15) is 8.42 Å². The van der Waals surface area contributed by atoms with Crippen molar-refractivity contribution >= 4 is 38.4 Å². The number of hydrogen-bond donors (Lipinski definition) is 1. The van der Waals surface area contributed by atoms with Crippen LogP contribution < -0.4 is 5.32 Å². The predicted octanol–water partition coefficient (Wildman–Crippen LogP) is 0.917. The molecule has 6 nitrogen and oxygen atoms in total. The summed E-state index contributed by atoms with van der Waals surface area (Å²) in [6, 6.07) is 0.270. The fraction of sp³-hybridized carbons (Fsp3) is 0.600. The molecule has 8 heteroatoms. The molecule has 1 aliphatic heterocycles. The predicted molar refractivity (Wildman–Crippen MR) is 77.8 cm³/mol. The number of nitrogens with one attached hydrogen (secondary N) is 1. The molecule has 1 aliphatic rings. The fourth-order valence-electron chi connectivity index (χ4n) is 1.94. The Morgan fingerprint density at radius 2 is 2.11 bits per heavy atom. The standard InChI is InChI=1S/C10H15IN4O2S/c1-18(16,17)15-4-2-8(3-5-15)14-10-9(11)6-12-7-13-10/h6-8H,2-5H2,1H3,(H,12,13,14). The van der Waals surface area contributed by atoms with Gasteiger partial charge in [0, 0.05) is 25.3 Å². The minimum atomic E-state index is -3.05. The lowest BCUT2D eigenvalue weighted by Gasteiger charge is -2.31. The lowest BCUT2D eigenvalue weighted by Crippen LogP contribution is -2.42. The Morgan fingerprint density at radius 3 is 2.67 bits per heavy atom. The number of rotatable bonds is 3. The van der Waals surface area contributed by atoms with Gasteiger partial charge >= 0.3 is 0 Å². The topological polar surface area (TPSA) is 75.2 Å². The zero-order valence-electron chi connectivity index (χ0n) is 10.0. The lowest BCUT2D eigenvalue weighted by molar-refractivity contribution is 0.331. The van der Waals surface area contributed by atoms with Gasteiger partial charge in [-0.05, 0) is 35.4 Å². The Balaban J connectivity index is 1.94. The van der Waals surface area contributed by atoms with Crippen molar-refractivity contribution in [2.45, 2.75) is 18.9 Å². The smallest absolute Gasteiger partial charge is 0.211 e. The van der Waals surface area contributed by atoms with Crippen LogP contribution in [0.5, 0.6) is 0 Å². The molecule has 18 heavy (non-hydrogen) atoms. The van der Waals surface area contributed by atoms with Crippen LogP contribution in [0.2, 0.25) is 0 Å². The van der Waals surface area contributed by atoms with Gasteiger partial charge in [-0.25, -0.2) is 22.7 Å². The van der Waals surface area contributed by atoms with Gasteiger partial charge in [0.1, 0.15) is 12.1 Å². The van der Waals surface area contributed by atoms with Crippen molar-refractivity contribution in [1.29, 1.82) is 0 Å². The molecule has 1 saturated heterocycles. The highest BCUT2D eigenvalue weighted by Crippen LogP contribution is 2.19. The highest BCUT2D eigenvalue weighted by Gasteiger charge is 2.25. The summed E-state index contributed by atoms with van der Waals surface area (Å²) < 4.78 is 25.3. The molecule has 0 radical (unpaired) electrons. The van der Waals surface area contributed by atoms with E-state index in [1.54, 1.807) is 6.20 Å². The maximum atomic E-state index is 11.4. The highest BCUT2D eigenvalue weighted by atomic mass is 127. The van der Waals surface area contributed by atoms with Crippen molar-refractivity contribution in [2.75, 3.05) is 24.7 Å². The largest absolute Gasteiger partial charge is 0.366 e. The molecule has 1 N–H and O–H groups in total. The summed E-state index contributed by atoms with van der Waals surface area (Å²) in [4.78, 5) is 8.11. The monoisotopic (exact) mass is 382 g/mol. The Hall–Kier alpha value is -0.480. The molecule has 1 aromatic rings. The minimum absolute atomic E-state index is 0.270. The molecule has 0 saturated carbocycles. The van der Waals surface area contributed by atoms with E-state index in [4.69, 9.17) is 0 Å². The van der Waals surface area contributed by atoms with Crippen molar-refractivity contribution in [3.63, 3.8) is 0 Å². The van der Waals surface area contributed by atoms with E-state index in [2.05, 4.69) is 37.9 Å². The van der Waals surface area contributed by atoms with Gasteiger partial charge in [0.05, 0.1) is 9.83 Å². The normalized spacial score (nSPS) is 18.8. The van der Waals surface area contributed by atoms with Crippen LogP contribution in [0.15, 0.2) is 12.5 Å². The summed E-state index contributed by atoms with van der Waals surface area (Å²) in [5.74, 6) is 0.823. The van der Waals surface area contributed by atoms with Crippen LogP contribution in [0, 0.1) is 3.57 Å². The maximum absolute atomic E-state index is 11.4. The molecule has 0 bridgehead atoms.